The Balaban J connectivity index is 1.55. The Kier molecular flexibility index (Phi) is 5.45. The lowest BCUT2D eigenvalue weighted by Crippen LogP contribution is -2.34. The first-order valence-electron chi connectivity index (χ1n) is 7.58. The van der Waals surface area contributed by atoms with Crippen LogP contribution in [0.25, 0.3) is 0 Å². The lowest BCUT2D eigenvalue weighted by atomic mass is 10.2. The normalized spacial score (nSPS) is 15.9. The Morgan fingerprint density at radius 3 is 2.96 bits per heavy atom. The number of nitrogens with one attached hydrogen (secondary N) is 2. The molecule has 1 aromatic carbocycles. The van der Waals surface area contributed by atoms with Crippen LogP contribution in [0.15, 0.2) is 41.4 Å². The molecule has 2 heterocycles. The van der Waals surface area contributed by atoms with E-state index in [1.807, 2.05) is 12.1 Å². The van der Waals surface area contributed by atoms with Gasteiger partial charge >= 0.3 is 0 Å². The fourth-order valence-corrected chi connectivity index (χ4v) is 3.60. The van der Waals surface area contributed by atoms with Gasteiger partial charge in [0.1, 0.15) is 0 Å². The van der Waals surface area contributed by atoms with Crippen LogP contribution >= 0.6 is 23.4 Å². The van der Waals surface area contributed by atoms with Gasteiger partial charge in [-0.15, -0.1) is 11.8 Å². The number of pyridine rings is 1. The number of fused-ring (bicyclic) bond motifs is 1. The molecular formula is C17H16ClN3O3S. The summed E-state index contributed by atoms with van der Waals surface area (Å²) in [6.07, 6.45) is 1.74. The van der Waals surface area contributed by atoms with Crippen molar-refractivity contribution in [3.63, 3.8) is 0 Å². The van der Waals surface area contributed by atoms with E-state index in [-0.39, 0.29) is 18.2 Å². The predicted octanol–water partition coefficient (Wildman–Crippen LogP) is 2.86. The van der Waals surface area contributed by atoms with Crippen molar-refractivity contribution in [2.75, 3.05) is 12.4 Å². The van der Waals surface area contributed by atoms with Crippen molar-refractivity contribution < 1.29 is 14.3 Å². The summed E-state index contributed by atoms with van der Waals surface area (Å²) in [6.45, 7) is 0.348. The molecule has 0 fully saturated rings. The highest BCUT2D eigenvalue weighted by Crippen LogP contribution is 2.38. The van der Waals surface area contributed by atoms with Crippen molar-refractivity contribution in [1.82, 2.24) is 10.3 Å². The van der Waals surface area contributed by atoms with E-state index >= 15 is 0 Å². The van der Waals surface area contributed by atoms with Gasteiger partial charge in [-0.05, 0) is 23.8 Å². The summed E-state index contributed by atoms with van der Waals surface area (Å²) < 4.78 is 4.99. The number of rotatable bonds is 5. The predicted molar refractivity (Wildman–Crippen MR) is 97.0 cm³/mol. The van der Waals surface area contributed by atoms with Crippen molar-refractivity contribution in [3.05, 3.63) is 47.1 Å². The van der Waals surface area contributed by atoms with E-state index in [0.29, 0.717) is 23.1 Å². The van der Waals surface area contributed by atoms with Crippen LogP contribution in [0.1, 0.15) is 12.0 Å². The third kappa shape index (κ3) is 4.43. The zero-order chi connectivity index (χ0) is 17.8. The van der Waals surface area contributed by atoms with Gasteiger partial charge in [0.05, 0.1) is 18.0 Å². The van der Waals surface area contributed by atoms with Gasteiger partial charge < -0.3 is 15.4 Å². The van der Waals surface area contributed by atoms with Gasteiger partial charge in [-0.2, -0.15) is 0 Å². The van der Waals surface area contributed by atoms with E-state index in [1.165, 1.54) is 11.8 Å². The smallest absolute Gasteiger partial charge is 0.238 e. The number of methoxy groups -OCH3 is 1. The molecule has 0 aliphatic carbocycles. The third-order valence-electron chi connectivity index (χ3n) is 3.63. The molecule has 2 aromatic rings. The van der Waals surface area contributed by atoms with Crippen molar-refractivity contribution in [2.24, 2.45) is 0 Å². The number of aromatic nitrogens is 1. The first kappa shape index (κ1) is 17.6. The summed E-state index contributed by atoms with van der Waals surface area (Å²) in [5.41, 5.74) is 1.54. The Labute approximate surface area is 154 Å². The first-order chi connectivity index (χ1) is 12.0. The van der Waals surface area contributed by atoms with Gasteiger partial charge in [0, 0.05) is 35.1 Å². The molecule has 0 unspecified atom stereocenters. The van der Waals surface area contributed by atoms with Gasteiger partial charge in [-0.25, -0.2) is 4.98 Å². The van der Waals surface area contributed by atoms with E-state index in [9.17, 15) is 9.59 Å². The highest BCUT2D eigenvalue weighted by molar-refractivity contribution is 8.01. The summed E-state index contributed by atoms with van der Waals surface area (Å²) >= 11 is 7.29. The number of ether oxygens (including phenoxy) is 1. The fourth-order valence-electron chi connectivity index (χ4n) is 2.33. The minimum atomic E-state index is -0.470. The number of carbonyl (C=O) groups excluding carboxylic acids is 2. The average Bonchev–Trinajstić information content (AvgIpc) is 2.61. The number of hydrogen-bond donors (Lipinski definition) is 2. The van der Waals surface area contributed by atoms with Gasteiger partial charge in [0.15, 0.2) is 0 Å². The second-order valence-corrected chi connectivity index (χ2v) is 7.11. The Morgan fingerprint density at radius 1 is 1.40 bits per heavy atom. The number of hydrogen-bond acceptors (Lipinski definition) is 5. The molecule has 0 saturated heterocycles. The van der Waals surface area contributed by atoms with E-state index in [4.69, 9.17) is 16.3 Å². The summed E-state index contributed by atoms with van der Waals surface area (Å²) in [4.78, 5) is 29.3. The maximum Gasteiger partial charge on any atom is 0.238 e. The SMILES string of the molecule is COc1ccc(CNC(=O)C[C@@H]2Sc3ccc(Cl)cc3NC2=O)cn1. The molecule has 1 atom stereocenters. The largest absolute Gasteiger partial charge is 0.481 e. The van der Waals surface area contributed by atoms with E-state index in [0.717, 1.165) is 10.5 Å². The molecule has 2 amide bonds. The van der Waals surface area contributed by atoms with Crippen LogP contribution < -0.4 is 15.4 Å². The van der Waals surface area contributed by atoms with Crippen molar-refractivity contribution in [1.29, 1.82) is 0 Å². The van der Waals surface area contributed by atoms with Crippen LogP contribution in [0.4, 0.5) is 5.69 Å². The van der Waals surface area contributed by atoms with Crippen LogP contribution in [0.2, 0.25) is 5.02 Å². The van der Waals surface area contributed by atoms with Crippen LogP contribution in [-0.4, -0.2) is 29.2 Å². The third-order valence-corrected chi connectivity index (χ3v) is 5.14. The van der Waals surface area contributed by atoms with Crippen molar-refractivity contribution >= 4 is 40.9 Å². The molecule has 0 spiro atoms. The molecule has 8 heteroatoms. The van der Waals surface area contributed by atoms with Crippen molar-refractivity contribution in [2.45, 2.75) is 23.1 Å². The molecule has 3 rings (SSSR count). The molecule has 1 aromatic heterocycles. The van der Waals surface area contributed by atoms with Gasteiger partial charge in [-0.3, -0.25) is 9.59 Å². The van der Waals surface area contributed by atoms with E-state index < -0.39 is 5.25 Å². The molecule has 1 aliphatic heterocycles. The molecule has 1 aliphatic rings. The molecular weight excluding hydrogens is 362 g/mol. The quantitative estimate of drug-likeness (QED) is 0.837. The highest BCUT2D eigenvalue weighted by Gasteiger charge is 2.29. The number of nitrogens with zero attached hydrogens (tertiary/aromatic N) is 1. The number of benzene rings is 1. The Hall–Kier alpha value is -2.25. The van der Waals surface area contributed by atoms with E-state index in [2.05, 4.69) is 15.6 Å². The minimum absolute atomic E-state index is 0.0994. The lowest BCUT2D eigenvalue weighted by molar-refractivity contribution is -0.124. The van der Waals surface area contributed by atoms with Gasteiger partial charge in [0.2, 0.25) is 17.7 Å². The zero-order valence-corrected chi connectivity index (χ0v) is 15.0. The summed E-state index contributed by atoms with van der Waals surface area (Å²) in [7, 11) is 1.54. The van der Waals surface area contributed by atoms with E-state index in [1.54, 1.807) is 31.5 Å². The molecule has 0 radical (unpaired) electrons. The summed E-state index contributed by atoms with van der Waals surface area (Å²) in [5.74, 6) is 0.131. The molecule has 130 valence electrons. The number of anilines is 1. The second kappa shape index (κ2) is 7.76. The fraction of sp³-hybridized carbons (Fsp3) is 0.235. The minimum Gasteiger partial charge on any atom is -0.481 e. The summed E-state index contributed by atoms with van der Waals surface area (Å²) in [6, 6.07) is 8.87. The lowest BCUT2D eigenvalue weighted by Gasteiger charge is -2.23. The van der Waals surface area contributed by atoms with Crippen LogP contribution in [0.5, 0.6) is 5.88 Å². The highest BCUT2D eigenvalue weighted by atomic mass is 35.5. The van der Waals surface area contributed by atoms with Crippen LogP contribution in [0.3, 0.4) is 0 Å². The maximum absolute atomic E-state index is 12.2. The molecule has 0 saturated carbocycles. The average molecular weight is 378 g/mol. The van der Waals surface area contributed by atoms with Gasteiger partial charge in [0.25, 0.3) is 0 Å². The number of thioether (sulfide) groups is 1. The molecule has 6 nitrogen and oxygen atoms in total. The maximum atomic E-state index is 12.2. The first-order valence-corrected chi connectivity index (χ1v) is 8.83. The molecule has 0 bridgehead atoms. The molecule has 25 heavy (non-hydrogen) atoms. The monoisotopic (exact) mass is 377 g/mol. The Morgan fingerprint density at radius 2 is 2.24 bits per heavy atom. The number of halogens is 1. The standard InChI is InChI=1S/C17H16ClN3O3S/c1-24-16-5-2-10(9-20-16)8-19-15(22)7-14-17(23)21-12-6-11(18)3-4-13(12)25-14/h2-6,9,14H,7-8H2,1H3,(H,19,22)(H,21,23)/t14-/m0/s1. The van der Waals surface area contributed by atoms with Crippen molar-refractivity contribution in [3.8, 4) is 5.88 Å². The molecule has 2 N–H and O–H groups in total. The van der Waals surface area contributed by atoms with Gasteiger partial charge in [-0.1, -0.05) is 17.7 Å². The topological polar surface area (TPSA) is 80.3 Å². The Bertz CT molecular complexity index is 798. The summed E-state index contributed by atoms with van der Waals surface area (Å²) in [5, 5.41) is 5.69. The number of carbonyl (C=O) groups is 2. The van der Waals surface area contributed by atoms with Crippen LogP contribution in [0, 0.1) is 0 Å². The number of amides is 2. The second-order valence-electron chi connectivity index (χ2n) is 5.43. The van der Waals surface area contributed by atoms with Crippen LogP contribution in [-0.2, 0) is 16.1 Å². The zero-order valence-electron chi connectivity index (χ0n) is 13.4.